The van der Waals surface area contributed by atoms with Gasteiger partial charge in [-0.15, -0.1) is 0 Å². The van der Waals surface area contributed by atoms with Gasteiger partial charge in [0.2, 0.25) is 0 Å². The summed E-state index contributed by atoms with van der Waals surface area (Å²) in [6.07, 6.45) is 88.7. The molecule has 0 aliphatic rings. The molecule has 0 fully saturated rings. The first-order valence-electron chi connectivity index (χ1n) is 33.2. The second-order valence-corrected chi connectivity index (χ2v) is 22.0. The Hall–Kier alpha value is -3.67. The van der Waals surface area contributed by atoms with Crippen LogP contribution in [0.1, 0.15) is 323 Å². The van der Waals surface area contributed by atoms with E-state index >= 15 is 0 Å². The number of unbranched alkanes of at least 4 members (excludes halogenated alkanes) is 33. The fourth-order valence-electron chi connectivity index (χ4n) is 9.40. The summed E-state index contributed by atoms with van der Waals surface area (Å²) in [7, 11) is 0. The third-order valence-corrected chi connectivity index (χ3v) is 14.4. The molecule has 0 aromatic carbocycles. The van der Waals surface area contributed by atoms with Gasteiger partial charge in [-0.3, -0.25) is 14.4 Å². The summed E-state index contributed by atoms with van der Waals surface area (Å²) in [5, 5.41) is 0. The maximum absolute atomic E-state index is 12.9. The van der Waals surface area contributed by atoms with E-state index < -0.39 is 6.10 Å². The average molecular weight is 1090 g/mol. The van der Waals surface area contributed by atoms with Gasteiger partial charge in [-0.05, 0) is 83.5 Å². The molecule has 6 nitrogen and oxygen atoms in total. The van der Waals surface area contributed by atoms with E-state index in [0.29, 0.717) is 19.3 Å². The molecule has 78 heavy (non-hydrogen) atoms. The zero-order chi connectivity index (χ0) is 56.4. The number of esters is 3. The van der Waals surface area contributed by atoms with Crippen molar-refractivity contribution in [2.24, 2.45) is 0 Å². The van der Waals surface area contributed by atoms with Gasteiger partial charge in [0.05, 0.1) is 0 Å². The van der Waals surface area contributed by atoms with Gasteiger partial charge in [-0.2, -0.15) is 0 Å². The Kier molecular flexibility index (Phi) is 62.7. The van der Waals surface area contributed by atoms with Gasteiger partial charge in [-0.1, -0.05) is 317 Å². The molecular weight excluding hydrogens is 961 g/mol. The number of allylic oxidation sites excluding steroid dienone is 16. The Morgan fingerprint density at radius 2 is 0.500 bits per heavy atom. The third-order valence-electron chi connectivity index (χ3n) is 14.4. The third kappa shape index (κ3) is 63.2. The lowest BCUT2D eigenvalue weighted by Crippen LogP contribution is -2.30. The van der Waals surface area contributed by atoms with E-state index in [4.69, 9.17) is 14.2 Å². The highest BCUT2D eigenvalue weighted by molar-refractivity contribution is 5.71. The van der Waals surface area contributed by atoms with E-state index in [1.54, 1.807) is 0 Å². The van der Waals surface area contributed by atoms with E-state index in [2.05, 4.69) is 118 Å². The Bertz CT molecular complexity index is 1530. The van der Waals surface area contributed by atoms with Gasteiger partial charge in [-0.25, -0.2) is 0 Å². The van der Waals surface area contributed by atoms with E-state index in [0.717, 1.165) is 116 Å². The molecule has 0 spiro atoms. The van der Waals surface area contributed by atoms with Crippen LogP contribution in [-0.4, -0.2) is 37.2 Å². The molecule has 0 aromatic heterocycles. The Labute approximate surface area is 483 Å². The molecule has 0 aliphatic heterocycles. The van der Waals surface area contributed by atoms with Crippen LogP contribution in [0.4, 0.5) is 0 Å². The fourth-order valence-corrected chi connectivity index (χ4v) is 9.40. The zero-order valence-electron chi connectivity index (χ0n) is 51.4. The minimum Gasteiger partial charge on any atom is -0.462 e. The number of carbonyl (C=O) groups excluding carboxylic acids is 3. The number of carbonyl (C=O) groups is 3. The minimum atomic E-state index is -0.777. The number of rotatable bonds is 60. The van der Waals surface area contributed by atoms with Gasteiger partial charge >= 0.3 is 17.9 Å². The van der Waals surface area contributed by atoms with Gasteiger partial charge in [0.25, 0.3) is 0 Å². The summed E-state index contributed by atoms with van der Waals surface area (Å²) < 4.78 is 16.9. The first-order valence-corrected chi connectivity index (χ1v) is 33.2. The quantitative estimate of drug-likeness (QED) is 0.0261. The van der Waals surface area contributed by atoms with E-state index in [9.17, 15) is 14.4 Å². The summed E-state index contributed by atoms with van der Waals surface area (Å²) in [5.41, 5.74) is 0. The maximum Gasteiger partial charge on any atom is 0.306 e. The van der Waals surface area contributed by atoms with Crippen LogP contribution < -0.4 is 0 Å². The molecule has 448 valence electrons. The first-order chi connectivity index (χ1) is 38.5. The molecule has 0 amide bonds. The molecule has 1 unspecified atom stereocenters. The normalized spacial score (nSPS) is 12.7. The predicted octanol–water partition coefficient (Wildman–Crippen LogP) is 22.8. The molecule has 0 bridgehead atoms. The second kappa shape index (κ2) is 65.8. The van der Waals surface area contributed by atoms with Gasteiger partial charge in [0, 0.05) is 19.3 Å². The monoisotopic (exact) mass is 1080 g/mol. The second-order valence-electron chi connectivity index (χ2n) is 22.0. The predicted molar refractivity (Wildman–Crippen MR) is 339 cm³/mol. The molecule has 0 aromatic rings. The lowest BCUT2D eigenvalue weighted by Gasteiger charge is -2.18. The van der Waals surface area contributed by atoms with E-state index in [1.165, 1.54) is 167 Å². The van der Waals surface area contributed by atoms with Crippen molar-refractivity contribution < 1.29 is 28.6 Å². The van der Waals surface area contributed by atoms with Crippen LogP contribution in [0.25, 0.3) is 0 Å². The summed E-state index contributed by atoms with van der Waals surface area (Å²) in [6.45, 7) is 6.52. The van der Waals surface area contributed by atoms with Crippen molar-refractivity contribution in [1.82, 2.24) is 0 Å². The van der Waals surface area contributed by atoms with Crippen LogP contribution in [-0.2, 0) is 28.6 Å². The first kappa shape index (κ1) is 74.3. The van der Waals surface area contributed by atoms with Crippen LogP contribution >= 0.6 is 0 Å². The van der Waals surface area contributed by atoms with Gasteiger partial charge in [0.1, 0.15) is 13.2 Å². The molecule has 0 rings (SSSR count). The molecule has 1 atom stereocenters. The Morgan fingerprint density at radius 3 is 0.782 bits per heavy atom. The van der Waals surface area contributed by atoms with Crippen LogP contribution in [0, 0.1) is 0 Å². The van der Waals surface area contributed by atoms with Crippen molar-refractivity contribution in [1.29, 1.82) is 0 Å². The average Bonchev–Trinajstić information content (AvgIpc) is 3.44. The molecule has 0 radical (unpaired) electrons. The molecule has 0 saturated heterocycles. The smallest absolute Gasteiger partial charge is 0.306 e. The highest BCUT2D eigenvalue weighted by atomic mass is 16.6. The topological polar surface area (TPSA) is 78.9 Å². The van der Waals surface area contributed by atoms with Crippen LogP contribution in [0.2, 0.25) is 0 Å². The maximum atomic E-state index is 12.9. The minimum absolute atomic E-state index is 0.0754. The SMILES string of the molecule is CC/C=C\C/C=C\C/C=C\C/C=C\C/C=C\C/C=C\C/C=C\C/C=C\CCCCCCCCCCC(=O)OCC(COC(=O)CCCCCCCCCC)OC(=O)CCCCCCCCCCCCCCCCCCCCC. The molecule has 6 heteroatoms. The van der Waals surface area contributed by atoms with Gasteiger partial charge in [0.15, 0.2) is 6.10 Å². The molecular formula is C72H124O6. The Morgan fingerprint density at radius 1 is 0.269 bits per heavy atom. The summed E-state index contributed by atoms with van der Waals surface area (Å²) in [6, 6.07) is 0. The fraction of sp³-hybridized carbons (Fsp3) is 0.736. The number of hydrogen-bond acceptors (Lipinski definition) is 6. The zero-order valence-corrected chi connectivity index (χ0v) is 51.4. The molecule has 0 aliphatic carbocycles. The largest absolute Gasteiger partial charge is 0.462 e. The molecule has 0 N–H and O–H groups in total. The van der Waals surface area contributed by atoms with E-state index in [1.807, 2.05) is 0 Å². The van der Waals surface area contributed by atoms with Crippen LogP contribution in [0.15, 0.2) is 97.2 Å². The number of hydrogen-bond donors (Lipinski definition) is 0. The van der Waals surface area contributed by atoms with Crippen molar-refractivity contribution in [2.45, 2.75) is 329 Å². The summed E-state index contributed by atoms with van der Waals surface area (Å²) in [4.78, 5) is 38.2. The van der Waals surface area contributed by atoms with Crippen molar-refractivity contribution in [2.75, 3.05) is 13.2 Å². The summed E-state index contributed by atoms with van der Waals surface area (Å²) >= 11 is 0. The van der Waals surface area contributed by atoms with Crippen molar-refractivity contribution in [3.8, 4) is 0 Å². The molecule has 0 heterocycles. The van der Waals surface area contributed by atoms with E-state index in [-0.39, 0.29) is 31.1 Å². The number of ether oxygens (including phenoxy) is 3. The highest BCUT2D eigenvalue weighted by Gasteiger charge is 2.19. The van der Waals surface area contributed by atoms with Crippen molar-refractivity contribution >= 4 is 17.9 Å². The Balaban J connectivity index is 4.15. The van der Waals surface area contributed by atoms with Crippen molar-refractivity contribution in [3.63, 3.8) is 0 Å². The standard InChI is InChI=1S/C72H124O6/c1-4-7-10-13-16-19-21-23-25-27-29-30-31-32-33-34-35-36-37-38-39-40-41-42-44-45-47-49-51-53-56-59-62-65-71(74)77-68-69(67-76-70(73)64-61-58-55-18-15-12-9-6-3)78-72(75)66-63-60-57-54-52-50-48-46-43-28-26-24-22-20-17-14-11-8-5-2/h7,10,16,19,23,25,29-30,32-33,35-36,38-39,41-42,69H,4-6,8-9,11-15,17-18,20-22,24,26-28,31,34,37,40,43-68H2,1-3H3/b10-7-,19-16-,25-23-,30-29-,33-32-,36-35-,39-38-,42-41-. The molecule has 0 saturated carbocycles. The lowest BCUT2D eigenvalue weighted by molar-refractivity contribution is -0.167. The van der Waals surface area contributed by atoms with Crippen LogP contribution in [0.3, 0.4) is 0 Å². The lowest BCUT2D eigenvalue weighted by atomic mass is 10.0. The van der Waals surface area contributed by atoms with Crippen molar-refractivity contribution in [3.05, 3.63) is 97.2 Å². The summed E-state index contributed by atoms with van der Waals surface area (Å²) in [5.74, 6) is -0.875. The van der Waals surface area contributed by atoms with Gasteiger partial charge < -0.3 is 14.2 Å². The van der Waals surface area contributed by atoms with Crippen LogP contribution in [0.5, 0.6) is 0 Å². The highest BCUT2D eigenvalue weighted by Crippen LogP contribution is 2.17.